The molecule has 0 aliphatic heterocycles. The maximum atomic E-state index is 12.7. The van der Waals surface area contributed by atoms with Gasteiger partial charge in [0.15, 0.2) is 5.82 Å². The van der Waals surface area contributed by atoms with Crippen LogP contribution in [0, 0.1) is 16.7 Å². The maximum Gasteiger partial charge on any atom is 0.287 e. The Morgan fingerprint density at radius 1 is 1.23 bits per heavy atom. The van der Waals surface area contributed by atoms with Gasteiger partial charge < -0.3 is 16.0 Å². The third kappa shape index (κ3) is 3.97. The molecule has 8 nitrogen and oxygen atoms in total. The van der Waals surface area contributed by atoms with Gasteiger partial charge in [-0.3, -0.25) is 10.2 Å². The molecule has 5 N–H and O–H groups in total. The van der Waals surface area contributed by atoms with E-state index in [9.17, 15) is 4.79 Å². The van der Waals surface area contributed by atoms with E-state index in [2.05, 4.69) is 20.3 Å². The van der Waals surface area contributed by atoms with Crippen molar-refractivity contribution in [2.75, 3.05) is 5.73 Å². The third-order valence-electron chi connectivity index (χ3n) is 4.95. The van der Waals surface area contributed by atoms with E-state index in [1.807, 2.05) is 43.3 Å². The van der Waals surface area contributed by atoms with Crippen LogP contribution in [0.25, 0.3) is 11.0 Å². The van der Waals surface area contributed by atoms with E-state index in [-0.39, 0.29) is 29.2 Å². The van der Waals surface area contributed by atoms with Crippen molar-refractivity contribution >= 4 is 28.3 Å². The Morgan fingerprint density at radius 2 is 2.00 bits per heavy atom. The van der Waals surface area contributed by atoms with E-state index < -0.39 is 0 Å². The zero-order chi connectivity index (χ0) is 22.0. The van der Waals surface area contributed by atoms with Crippen molar-refractivity contribution in [1.29, 1.82) is 10.7 Å². The first-order chi connectivity index (χ1) is 15.0. The van der Waals surface area contributed by atoms with Crippen LogP contribution < -0.4 is 11.1 Å². The summed E-state index contributed by atoms with van der Waals surface area (Å²) in [5.41, 5.74) is 10.1. The van der Waals surface area contributed by atoms with Gasteiger partial charge in [0.1, 0.15) is 11.8 Å². The fraction of sp³-hybridized carbons (Fsp3) is 0.0870. The highest BCUT2D eigenvalue weighted by atomic mass is 16.2. The van der Waals surface area contributed by atoms with E-state index in [0.29, 0.717) is 27.8 Å². The number of nitrogens with two attached hydrogens (primary N) is 1. The van der Waals surface area contributed by atoms with Gasteiger partial charge in [-0.05, 0) is 36.8 Å². The average molecular weight is 409 g/mol. The molecule has 31 heavy (non-hydrogen) atoms. The van der Waals surface area contributed by atoms with Gasteiger partial charge in [-0.2, -0.15) is 5.26 Å². The molecule has 1 atom stereocenters. The van der Waals surface area contributed by atoms with Crippen LogP contribution in [-0.2, 0) is 0 Å². The number of anilines is 1. The molecule has 0 radical (unpaired) electrons. The summed E-state index contributed by atoms with van der Waals surface area (Å²) in [7, 11) is 0. The van der Waals surface area contributed by atoms with E-state index in [4.69, 9.17) is 16.4 Å². The summed E-state index contributed by atoms with van der Waals surface area (Å²) < 4.78 is 0. The molecule has 1 amide bonds. The number of fused-ring (bicyclic) bond motifs is 1. The SMILES string of the molecule is CC(NC(=O)c1nc2cc(N)c(C(=N)c3ccc(C#N)nc3)cc2[nH]1)c1ccccc1. The van der Waals surface area contributed by atoms with Crippen LogP contribution in [0.3, 0.4) is 0 Å². The quantitative estimate of drug-likeness (QED) is 0.295. The number of carbonyl (C=O) groups excluding carboxylic acids is 1. The standard InChI is InChI=1S/C23H19N7O/c1-13(14-5-3-2-4-6-14)28-23(31)22-29-19-9-17(18(25)10-20(19)30-22)21(26)15-7-8-16(11-24)27-12-15/h2-10,12-13,26H,25H2,1H3,(H,28,31)(H,29,30). The summed E-state index contributed by atoms with van der Waals surface area (Å²) >= 11 is 0. The second-order valence-electron chi connectivity index (χ2n) is 7.07. The van der Waals surface area contributed by atoms with Crippen molar-refractivity contribution in [2.24, 2.45) is 0 Å². The largest absolute Gasteiger partial charge is 0.398 e. The number of nitrogen functional groups attached to an aromatic ring is 1. The minimum Gasteiger partial charge on any atom is -0.398 e. The number of nitriles is 1. The summed E-state index contributed by atoms with van der Waals surface area (Å²) in [5, 5.41) is 20.3. The second-order valence-corrected chi connectivity index (χ2v) is 7.07. The molecule has 4 aromatic rings. The topological polar surface area (TPSA) is 144 Å². The number of aromatic nitrogens is 3. The molecule has 0 aliphatic rings. The number of nitrogens with zero attached hydrogens (tertiary/aromatic N) is 3. The Morgan fingerprint density at radius 3 is 2.68 bits per heavy atom. The van der Waals surface area contributed by atoms with Crippen molar-refractivity contribution < 1.29 is 4.79 Å². The first-order valence-corrected chi connectivity index (χ1v) is 9.56. The maximum absolute atomic E-state index is 12.7. The van der Waals surface area contributed by atoms with Crippen LogP contribution in [0.5, 0.6) is 0 Å². The number of carbonyl (C=O) groups is 1. The molecule has 2 aromatic heterocycles. The molecule has 0 saturated heterocycles. The van der Waals surface area contributed by atoms with Gasteiger partial charge in [-0.1, -0.05) is 30.3 Å². The molecule has 0 aliphatic carbocycles. The number of aromatic amines is 1. The molecule has 2 heterocycles. The molecule has 152 valence electrons. The van der Waals surface area contributed by atoms with Gasteiger partial charge in [0.25, 0.3) is 5.91 Å². The fourth-order valence-electron chi connectivity index (χ4n) is 3.25. The summed E-state index contributed by atoms with van der Waals surface area (Å²) in [6.07, 6.45) is 1.46. The highest BCUT2D eigenvalue weighted by molar-refractivity contribution is 6.15. The van der Waals surface area contributed by atoms with Gasteiger partial charge in [0.2, 0.25) is 0 Å². The first kappa shape index (κ1) is 19.8. The number of amides is 1. The molecule has 2 aromatic carbocycles. The smallest absolute Gasteiger partial charge is 0.287 e. The molecule has 0 bridgehead atoms. The van der Waals surface area contributed by atoms with Crippen LogP contribution in [-0.4, -0.2) is 26.6 Å². The van der Waals surface area contributed by atoms with Crippen molar-refractivity contribution in [1.82, 2.24) is 20.3 Å². The number of benzene rings is 2. The molecule has 0 spiro atoms. The van der Waals surface area contributed by atoms with Gasteiger partial charge in [0, 0.05) is 23.0 Å². The Balaban J connectivity index is 1.60. The number of imidazole rings is 1. The highest BCUT2D eigenvalue weighted by Gasteiger charge is 2.17. The molecular weight excluding hydrogens is 390 g/mol. The van der Waals surface area contributed by atoms with Gasteiger partial charge in [0.05, 0.1) is 22.8 Å². The minimum atomic E-state index is -0.334. The van der Waals surface area contributed by atoms with E-state index in [0.717, 1.165) is 5.56 Å². The summed E-state index contributed by atoms with van der Waals surface area (Å²) in [5.74, 6) is -0.167. The molecule has 0 saturated carbocycles. The lowest BCUT2D eigenvalue weighted by molar-refractivity contribution is 0.0930. The van der Waals surface area contributed by atoms with Crippen molar-refractivity contribution in [3.63, 3.8) is 0 Å². The molecule has 8 heteroatoms. The third-order valence-corrected chi connectivity index (χ3v) is 4.95. The Hall–Kier alpha value is -4.51. The minimum absolute atomic E-state index is 0.162. The summed E-state index contributed by atoms with van der Waals surface area (Å²) in [4.78, 5) is 24.0. The number of H-pyrrole nitrogens is 1. The lowest BCUT2D eigenvalue weighted by Gasteiger charge is -2.12. The molecule has 0 fully saturated rings. The fourth-order valence-corrected chi connectivity index (χ4v) is 3.25. The summed E-state index contributed by atoms with van der Waals surface area (Å²) in [6, 6.07) is 17.9. The van der Waals surface area contributed by atoms with E-state index in [1.165, 1.54) is 6.20 Å². The molecular formula is C23H19N7O. The zero-order valence-corrected chi connectivity index (χ0v) is 16.7. The monoisotopic (exact) mass is 409 g/mol. The number of nitrogens with one attached hydrogen (secondary N) is 3. The normalized spacial score (nSPS) is 11.6. The molecule has 1 unspecified atom stereocenters. The predicted molar refractivity (Wildman–Crippen MR) is 118 cm³/mol. The van der Waals surface area contributed by atoms with Gasteiger partial charge >= 0.3 is 0 Å². The zero-order valence-electron chi connectivity index (χ0n) is 16.7. The number of rotatable bonds is 5. The Kier molecular flexibility index (Phi) is 5.16. The van der Waals surface area contributed by atoms with Crippen LogP contribution in [0.1, 0.15) is 46.0 Å². The van der Waals surface area contributed by atoms with Crippen LogP contribution in [0.2, 0.25) is 0 Å². The van der Waals surface area contributed by atoms with E-state index in [1.54, 1.807) is 24.3 Å². The number of hydrogen-bond acceptors (Lipinski definition) is 6. The lowest BCUT2D eigenvalue weighted by atomic mass is 10.0. The first-order valence-electron chi connectivity index (χ1n) is 9.56. The van der Waals surface area contributed by atoms with Crippen LogP contribution in [0.15, 0.2) is 60.8 Å². The van der Waals surface area contributed by atoms with Crippen molar-refractivity contribution in [3.05, 3.63) is 89.0 Å². The van der Waals surface area contributed by atoms with Crippen molar-refractivity contribution in [2.45, 2.75) is 13.0 Å². The van der Waals surface area contributed by atoms with E-state index >= 15 is 0 Å². The lowest BCUT2D eigenvalue weighted by Crippen LogP contribution is -2.27. The van der Waals surface area contributed by atoms with Gasteiger partial charge in [-0.25, -0.2) is 9.97 Å². The van der Waals surface area contributed by atoms with Crippen molar-refractivity contribution in [3.8, 4) is 6.07 Å². The Labute approximate surface area is 178 Å². The Bertz CT molecular complexity index is 1320. The predicted octanol–water partition coefficient (Wildman–Crippen LogP) is 3.32. The highest BCUT2D eigenvalue weighted by Crippen LogP contribution is 2.23. The van der Waals surface area contributed by atoms with Gasteiger partial charge in [-0.15, -0.1) is 0 Å². The second kappa shape index (κ2) is 8.08. The average Bonchev–Trinajstić information content (AvgIpc) is 3.21. The molecule has 4 rings (SSSR count). The number of pyridine rings is 1. The van der Waals surface area contributed by atoms with Crippen LogP contribution in [0.4, 0.5) is 5.69 Å². The summed E-state index contributed by atoms with van der Waals surface area (Å²) in [6.45, 7) is 1.90. The van der Waals surface area contributed by atoms with Crippen LogP contribution >= 0.6 is 0 Å². The number of hydrogen-bond donors (Lipinski definition) is 4.